The highest BCUT2D eigenvalue weighted by atomic mass is 32.2. The van der Waals surface area contributed by atoms with E-state index in [0.717, 1.165) is 0 Å². The molecule has 2 aliphatic rings. The third kappa shape index (κ3) is 2.42. The summed E-state index contributed by atoms with van der Waals surface area (Å²) in [5.41, 5.74) is -3.08. The molecule has 0 aromatic rings. The molecule has 2 fully saturated rings. The van der Waals surface area contributed by atoms with Crippen molar-refractivity contribution in [3.05, 3.63) is 0 Å². The van der Waals surface area contributed by atoms with Gasteiger partial charge in [-0.25, -0.2) is 4.79 Å². The maximum Gasteiger partial charge on any atom is 0.370 e. The molecule has 1 saturated carbocycles. The molecular weight excluding hydrogens is 350 g/mol. The van der Waals surface area contributed by atoms with Crippen molar-refractivity contribution in [2.45, 2.75) is 57.3 Å². The lowest BCUT2D eigenvalue weighted by molar-refractivity contribution is -0.183. The highest BCUT2D eigenvalue weighted by molar-refractivity contribution is 7.86. The zero-order valence-electron chi connectivity index (χ0n) is 13.6. The van der Waals surface area contributed by atoms with Gasteiger partial charge < -0.3 is 9.47 Å². The van der Waals surface area contributed by atoms with Crippen molar-refractivity contribution in [3.8, 4) is 0 Å². The average molecular weight is 370 g/mol. The number of rotatable bonds is 6. The van der Waals surface area contributed by atoms with E-state index in [1.54, 1.807) is 20.8 Å². The Bertz CT molecular complexity index is 673. The van der Waals surface area contributed by atoms with Crippen molar-refractivity contribution in [2.75, 3.05) is 6.61 Å². The van der Waals surface area contributed by atoms with Crippen LogP contribution < -0.4 is 0 Å². The molecule has 2 atom stereocenters. The van der Waals surface area contributed by atoms with Gasteiger partial charge in [-0.1, -0.05) is 13.8 Å². The highest BCUT2D eigenvalue weighted by Gasteiger charge is 2.76. The van der Waals surface area contributed by atoms with Crippen molar-refractivity contribution in [2.24, 2.45) is 10.8 Å². The van der Waals surface area contributed by atoms with E-state index >= 15 is 0 Å². The number of esters is 2. The summed E-state index contributed by atoms with van der Waals surface area (Å²) in [5, 5.41) is -4.30. The van der Waals surface area contributed by atoms with Gasteiger partial charge in [0.15, 0.2) is 0 Å². The van der Waals surface area contributed by atoms with Crippen molar-refractivity contribution in [3.63, 3.8) is 0 Å². The van der Waals surface area contributed by atoms with E-state index in [1.807, 2.05) is 0 Å². The summed E-state index contributed by atoms with van der Waals surface area (Å²) < 4.78 is 65.8. The Kier molecular flexibility index (Phi) is 4.25. The molecule has 0 aromatic heterocycles. The van der Waals surface area contributed by atoms with Gasteiger partial charge >= 0.3 is 27.3 Å². The van der Waals surface area contributed by atoms with Gasteiger partial charge in [0.1, 0.15) is 0 Å². The molecule has 0 aromatic carbocycles. The van der Waals surface area contributed by atoms with E-state index < -0.39 is 63.2 Å². The van der Waals surface area contributed by atoms with Crippen LogP contribution >= 0.6 is 0 Å². The Labute approximate surface area is 138 Å². The lowest BCUT2D eigenvalue weighted by Crippen LogP contribution is -2.49. The van der Waals surface area contributed by atoms with Crippen molar-refractivity contribution in [1.29, 1.82) is 0 Å². The van der Waals surface area contributed by atoms with Gasteiger partial charge in [-0.3, -0.25) is 9.35 Å². The average Bonchev–Trinajstić information content (AvgIpc) is 2.72. The summed E-state index contributed by atoms with van der Waals surface area (Å²) in [4.78, 5) is 24.4. The lowest BCUT2D eigenvalue weighted by Gasteiger charge is -2.34. The van der Waals surface area contributed by atoms with Crippen LogP contribution in [-0.2, 0) is 29.2 Å². The van der Waals surface area contributed by atoms with Gasteiger partial charge in [-0.2, -0.15) is 17.2 Å². The van der Waals surface area contributed by atoms with Crippen LogP contribution in [0, 0.1) is 10.8 Å². The fraction of sp³-hybridized carbons (Fsp3) is 0.857. The van der Waals surface area contributed by atoms with E-state index in [1.165, 1.54) is 0 Å². The fourth-order valence-electron chi connectivity index (χ4n) is 3.39. The summed E-state index contributed by atoms with van der Waals surface area (Å²) in [7, 11) is -5.51. The minimum atomic E-state index is -5.51. The summed E-state index contributed by atoms with van der Waals surface area (Å²) in [6.07, 6.45) is -0.926. The molecule has 138 valence electrons. The Morgan fingerprint density at radius 2 is 1.92 bits per heavy atom. The van der Waals surface area contributed by atoms with E-state index in [-0.39, 0.29) is 6.42 Å². The summed E-state index contributed by atoms with van der Waals surface area (Å²) in [6, 6.07) is 0. The minimum Gasteiger partial charge on any atom is -0.463 e. The molecule has 1 N–H and O–H groups in total. The molecule has 1 aliphatic heterocycles. The number of hydrogen-bond donors (Lipinski definition) is 1. The largest absolute Gasteiger partial charge is 0.463 e. The predicted molar refractivity (Wildman–Crippen MR) is 76.6 cm³/mol. The number of fused-ring (bicyclic) bond motifs is 2. The summed E-state index contributed by atoms with van der Waals surface area (Å²) in [5.74, 6) is -1.31. The molecule has 7 nitrogen and oxygen atoms in total. The third-order valence-corrected chi connectivity index (χ3v) is 6.59. The Morgan fingerprint density at radius 1 is 1.33 bits per heavy atom. The molecule has 2 bridgehead atoms. The molecule has 10 heteroatoms. The maximum absolute atomic E-state index is 13.1. The molecular formula is C14H20F2O7S. The minimum absolute atomic E-state index is 0.280. The molecule has 0 spiro atoms. The molecule has 1 heterocycles. The van der Waals surface area contributed by atoms with Crippen molar-refractivity contribution >= 4 is 22.1 Å². The second-order valence-electron chi connectivity index (χ2n) is 7.03. The van der Waals surface area contributed by atoms with Crippen LogP contribution in [0.2, 0.25) is 0 Å². The monoisotopic (exact) mass is 370 g/mol. The smallest absolute Gasteiger partial charge is 0.370 e. The summed E-state index contributed by atoms with van der Waals surface area (Å²) in [6.45, 7) is 4.68. The second-order valence-corrected chi connectivity index (χ2v) is 8.57. The zero-order valence-corrected chi connectivity index (χ0v) is 14.4. The van der Waals surface area contributed by atoms with E-state index in [9.17, 15) is 26.8 Å². The lowest BCUT2D eigenvalue weighted by atomic mass is 9.66. The number of hydrogen-bond acceptors (Lipinski definition) is 6. The van der Waals surface area contributed by atoms with Crippen molar-refractivity contribution < 1.29 is 40.8 Å². The van der Waals surface area contributed by atoms with Crippen LogP contribution in [0.1, 0.15) is 46.5 Å². The fourth-order valence-corrected chi connectivity index (χ4v) is 3.79. The Hall–Kier alpha value is -1.29. The predicted octanol–water partition coefficient (Wildman–Crippen LogP) is 1.91. The maximum atomic E-state index is 13.1. The number of carbonyl (C=O) groups is 2. The zero-order chi connectivity index (χ0) is 18.6. The number of halogens is 2. The van der Waals surface area contributed by atoms with Gasteiger partial charge in [0, 0.05) is 11.8 Å². The van der Waals surface area contributed by atoms with Crippen LogP contribution in [0.3, 0.4) is 0 Å². The first kappa shape index (κ1) is 19.0. The number of alkyl halides is 2. The van der Waals surface area contributed by atoms with E-state index in [4.69, 9.17) is 14.0 Å². The quantitative estimate of drug-likeness (QED) is 0.432. The number of carbonyl (C=O) groups excluding carboxylic acids is 2. The SMILES string of the molecule is CC12CCC(C(=O)OCCCC(F)(F)S(=O)(=O)O)(OC1=O)C2(C)C. The first-order valence-corrected chi connectivity index (χ1v) is 8.91. The van der Waals surface area contributed by atoms with Crippen LogP contribution in [0.5, 0.6) is 0 Å². The highest BCUT2D eigenvalue weighted by Crippen LogP contribution is 2.65. The van der Waals surface area contributed by atoms with Gasteiger partial charge in [0.25, 0.3) is 0 Å². The third-order valence-electron chi connectivity index (χ3n) is 5.64. The summed E-state index contributed by atoms with van der Waals surface area (Å²) >= 11 is 0. The van der Waals surface area contributed by atoms with Gasteiger partial charge in [-0.15, -0.1) is 0 Å². The van der Waals surface area contributed by atoms with Crippen molar-refractivity contribution in [1.82, 2.24) is 0 Å². The van der Waals surface area contributed by atoms with E-state index in [0.29, 0.717) is 6.42 Å². The van der Waals surface area contributed by atoms with Gasteiger partial charge in [0.2, 0.25) is 5.60 Å². The normalized spacial score (nSPS) is 31.8. The van der Waals surface area contributed by atoms with E-state index in [2.05, 4.69) is 0 Å². The van der Waals surface area contributed by atoms with Gasteiger partial charge in [0.05, 0.1) is 12.0 Å². The van der Waals surface area contributed by atoms with Gasteiger partial charge in [-0.05, 0) is 26.2 Å². The molecule has 24 heavy (non-hydrogen) atoms. The first-order chi connectivity index (χ1) is 10.7. The molecule has 0 amide bonds. The Balaban J connectivity index is 1.99. The van der Waals surface area contributed by atoms with Crippen LogP contribution in [0.4, 0.5) is 8.78 Å². The topological polar surface area (TPSA) is 107 Å². The number of ether oxygens (including phenoxy) is 2. The Morgan fingerprint density at radius 3 is 2.33 bits per heavy atom. The molecule has 0 radical (unpaired) electrons. The van der Waals surface area contributed by atoms with Crippen LogP contribution in [0.25, 0.3) is 0 Å². The first-order valence-electron chi connectivity index (χ1n) is 7.47. The molecule has 1 saturated heterocycles. The molecule has 1 aliphatic carbocycles. The van der Waals surface area contributed by atoms with Crippen LogP contribution in [0.15, 0.2) is 0 Å². The standard InChI is InChI=1S/C14H20F2O7S/c1-11(2)12(3)6-7-13(11,23-9(12)17)10(18)22-8-4-5-14(15,16)24(19,20)21/h4-8H2,1-3H3,(H,19,20,21). The van der Waals surface area contributed by atoms with Crippen LogP contribution in [-0.4, -0.2) is 42.4 Å². The molecule has 2 rings (SSSR count). The molecule has 2 unspecified atom stereocenters. The second kappa shape index (κ2) is 5.35.